The molecule has 0 unspecified atom stereocenters. The van der Waals surface area contributed by atoms with Gasteiger partial charge >= 0.3 is 11.7 Å². The number of carbonyl (C=O) groups is 1. The van der Waals surface area contributed by atoms with E-state index in [2.05, 4.69) is 10.5 Å². The number of benzene rings is 2. The summed E-state index contributed by atoms with van der Waals surface area (Å²) in [5.41, 5.74) is 1.79. The number of nitro benzene ring substituents is 2. The zero-order valence-corrected chi connectivity index (χ0v) is 15.4. The Labute approximate surface area is 165 Å². The molecule has 1 aliphatic carbocycles. The fraction of sp³-hybridized carbons (Fsp3) is 0.263. The van der Waals surface area contributed by atoms with Crippen molar-refractivity contribution >= 4 is 28.7 Å². The molecule has 0 heterocycles. The topological polar surface area (TPSA) is 148 Å². The molecule has 0 amide bonds. The summed E-state index contributed by atoms with van der Waals surface area (Å²) >= 11 is 0. The Morgan fingerprint density at radius 3 is 2.45 bits per heavy atom. The van der Waals surface area contributed by atoms with E-state index in [0.29, 0.717) is 24.1 Å². The molecule has 29 heavy (non-hydrogen) atoms. The van der Waals surface area contributed by atoms with Crippen molar-refractivity contribution in [3.63, 3.8) is 0 Å². The summed E-state index contributed by atoms with van der Waals surface area (Å²) in [6.07, 6.45) is 0.743. The second-order valence-electron chi connectivity index (χ2n) is 6.79. The van der Waals surface area contributed by atoms with E-state index in [9.17, 15) is 30.1 Å². The second kappa shape index (κ2) is 7.66. The quantitative estimate of drug-likeness (QED) is 0.556. The Morgan fingerprint density at radius 2 is 1.86 bits per heavy atom. The molecule has 1 aliphatic rings. The van der Waals surface area contributed by atoms with Gasteiger partial charge in [-0.2, -0.15) is 5.10 Å². The van der Waals surface area contributed by atoms with Gasteiger partial charge in [-0.25, -0.2) is 0 Å². The fourth-order valence-corrected chi connectivity index (χ4v) is 3.75. The standard InChI is InChI=1S/C19H18N4O6/c1-12-15(9-10-19(12,18(24)25)13-5-3-2-4-6-13)20-21-16-8-7-14(22(26)27)11-17(16)23(28)29/h2-8,11-12,21H,9-10H2,1H3,(H,24,25)/t12-,19-/m1/s1. The first-order valence-corrected chi connectivity index (χ1v) is 8.81. The number of anilines is 1. The van der Waals surface area contributed by atoms with Gasteiger partial charge in [0.2, 0.25) is 0 Å². The van der Waals surface area contributed by atoms with Crippen molar-refractivity contribution in [1.29, 1.82) is 0 Å². The molecule has 0 radical (unpaired) electrons. The van der Waals surface area contributed by atoms with Gasteiger partial charge in [0.25, 0.3) is 5.69 Å². The van der Waals surface area contributed by atoms with E-state index < -0.39 is 38.5 Å². The maximum Gasteiger partial charge on any atom is 0.314 e. The third-order valence-electron chi connectivity index (χ3n) is 5.39. The van der Waals surface area contributed by atoms with Gasteiger partial charge in [-0.05, 0) is 24.5 Å². The van der Waals surface area contributed by atoms with E-state index >= 15 is 0 Å². The molecule has 10 nitrogen and oxygen atoms in total. The predicted molar refractivity (Wildman–Crippen MR) is 105 cm³/mol. The first kappa shape index (κ1) is 19.9. The molecule has 2 atom stereocenters. The van der Waals surface area contributed by atoms with Crippen molar-refractivity contribution in [1.82, 2.24) is 0 Å². The van der Waals surface area contributed by atoms with Gasteiger partial charge in [-0.1, -0.05) is 37.3 Å². The number of aliphatic carboxylic acids is 1. The summed E-state index contributed by atoms with van der Waals surface area (Å²) in [5, 5.41) is 36.3. The van der Waals surface area contributed by atoms with Gasteiger partial charge in [0.15, 0.2) is 0 Å². The van der Waals surface area contributed by atoms with E-state index in [4.69, 9.17) is 0 Å². The lowest BCUT2D eigenvalue weighted by Gasteiger charge is -2.29. The summed E-state index contributed by atoms with van der Waals surface area (Å²) in [5.74, 6) is -1.41. The van der Waals surface area contributed by atoms with Crippen LogP contribution in [0.3, 0.4) is 0 Å². The monoisotopic (exact) mass is 398 g/mol. The van der Waals surface area contributed by atoms with E-state index in [0.717, 1.165) is 12.1 Å². The zero-order chi connectivity index (χ0) is 21.2. The van der Waals surface area contributed by atoms with Gasteiger partial charge < -0.3 is 5.11 Å². The molecule has 2 aromatic rings. The van der Waals surface area contributed by atoms with Crippen molar-refractivity contribution in [3.8, 4) is 0 Å². The van der Waals surface area contributed by atoms with Crippen molar-refractivity contribution in [2.24, 2.45) is 11.0 Å². The lowest BCUT2D eigenvalue weighted by molar-refractivity contribution is -0.393. The highest BCUT2D eigenvalue weighted by Crippen LogP contribution is 2.44. The Hall–Kier alpha value is -3.82. The lowest BCUT2D eigenvalue weighted by Crippen LogP contribution is -2.39. The summed E-state index contributed by atoms with van der Waals surface area (Å²) in [6, 6.07) is 12.1. The van der Waals surface area contributed by atoms with Crippen molar-refractivity contribution < 1.29 is 19.7 Å². The number of non-ortho nitro benzene ring substituents is 1. The average molecular weight is 398 g/mol. The number of nitrogens with one attached hydrogen (secondary N) is 1. The van der Waals surface area contributed by atoms with Gasteiger partial charge in [-0.15, -0.1) is 0 Å². The SMILES string of the molecule is C[C@@H]1C(=NNc2ccc([N+](=O)[O-])cc2[N+](=O)[O-])CC[C@]1(C(=O)O)c1ccccc1. The average Bonchev–Trinajstić information content (AvgIpc) is 3.04. The first-order valence-electron chi connectivity index (χ1n) is 8.81. The van der Waals surface area contributed by atoms with Crippen LogP contribution in [0.2, 0.25) is 0 Å². The summed E-state index contributed by atoms with van der Waals surface area (Å²) < 4.78 is 0. The van der Waals surface area contributed by atoms with Crippen LogP contribution in [0.1, 0.15) is 25.3 Å². The van der Waals surface area contributed by atoms with Gasteiger partial charge in [0.05, 0.1) is 15.9 Å². The summed E-state index contributed by atoms with van der Waals surface area (Å²) in [6.45, 7) is 1.76. The highest BCUT2D eigenvalue weighted by molar-refractivity contribution is 5.99. The van der Waals surface area contributed by atoms with Crippen LogP contribution in [0, 0.1) is 26.1 Å². The van der Waals surface area contributed by atoms with E-state index in [-0.39, 0.29) is 5.69 Å². The van der Waals surface area contributed by atoms with Crippen LogP contribution in [0.15, 0.2) is 53.6 Å². The third kappa shape index (κ3) is 3.51. The number of hydrogen-bond donors (Lipinski definition) is 2. The number of carboxylic acids is 1. The van der Waals surface area contributed by atoms with E-state index in [1.165, 1.54) is 6.07 Å². The number of carboxylic acid groups (broad SMARTS) is 1. The molecule has 0 aromatic heterocycles. The molecule has 150 valence electrons. The number of nitrogens with zero attached hydrogens (tertiary/aromatic N) is 3. The fourth-order valence-electron chi connectivity index (χ4n) is 3.75. The summed E-state index contributed by atoms with van der Waals surface area (Å²) in [4.78, 5) is 32.8. The molecule has 3 rings (SSSR count). The maximum atomic E-state index is 12.2. The van der Waals surface area contributed by atoms with Crippen LogP contribution in [-0.4, -0.2) is 26.6 Å². The molecular formula is C19H18N4O6. The van der Waals surface area contributed by atoms with Crippen molar-refractivity contribution in [2.75, 3.05) is 5.43 Å². The largest absolute Gasteiger partial charge is 0.481 e. The first-order chi connectivity index (χ1) is 13.8. The minimum atomic E-state index is -1.14. The summed E-state index contributed by atoms with van der Waals surface area (Å²) in [7, 11) is 0. The zero-order valence-electron chi connectivity index (χ0n) is 15.4. The minimum absolute atomic E-state index is 0.00663. The maximum absolute atomic E-state index is 12.2. The van der Waals surface area contributed by atoms with E-state index in [1.807, 2.05) is 6.07 Å². The molecule has 0 saturated heterocycles. The smallest absolute Gasteiger partial charge is 0.314 e. The van der Waals surface area contributed by atoms with Crippen LogP contribution in [0.4, 0.5) is 17.1 Å². The van der Waals surface area contributed by atoms with Crippen LogP contribution in [0.25, 0.3) is 0 Å². The molecular weight excluding hydrogens is 380 g/mol. The van der Waals surface area contributed by atoms with Crippen LogP contribution in [-0.2, 0) is 10.2 Å². The van der Waals surface area contributed by atoms with Gasteiger partial charge in [0.1, 0.15) is 11.1 Å². The van der Waals surface area contributed by atoms with Crippen molar-refractivity contribution in [2.45, 2.75) is 25.2 Å². The minimum Gasteiger partial charge on any atom is -0.481 e. The second-order valence-corrected chi connectivity index (χ2v) is 6.79. The number of hydrazone groups is 1. The lowest BCUT2D eigenvalue weighted by atomic mass is 9.73. The molecule has 1 fully saturated rings. The Balaban J connectivity index is 1.92. The Bertz CT molecular complexity index is 1010. The van der Waals surface area contributed by atoms with Crippen LogP contribution >= 0.6 is 0 Å². The van der Waals surface area contributed by atoms with Crippen LogP contribution < -0.4 is 5.43 Å². The number of rotatable bonds is 6. The third-order valence-corrected chi connectivity index (χ3v) is 5.39. The molecule has 0 spiro atoms. The molecule has 2 aromatic carbocycles. The predicted octanol–water partition coefficient (Wildman–Crippen LogP) is 3.72. The normalized spacial score (nSPS) is 22.4. The van der Waals surface area contributed by atoms with Crippen molar-refractivity contribution in [3.05, 3.63) is 74.3 Å². The van der Waals surface area contributed by atoms with Crippen LogP contribution in [0.5, 0.6) is 0 Å². The highest BCUT2D eigenvalue weighted by Gasteiger charge is 2.51. The molecule has 1 saturated carbocycles. The molecule has 0 bridgehead atoms. The molecule has 10 heteroatoms. The molecule has 2 N–H and O–H groups in total. The highest BCUT2D eigenvalue weighted by atomic mass is 16.6. The van der Waals surface area contributed by atoms with E-state index in [1.54, 1.807) is 31.2 Å². The van der Waals surface area contributed by atoms with Gasteiger partial charge in [0, 0.05) is 17.7 Å². The Kier molecular flexibility index (Phi) is 5.26. The Morgan fingerprint density at radius 1 is 1.17 bits per heavy atom. The number of hydrogen-bond acceptors (Lipinski definition) is 7. The van der Waals surface area contributed by atoms with Gasteiger partial charge in [-0.3, -0.25) is 30.4 Å². The molecule has 0 aliphatic heterocycles. The number of nitro groups is 2.